The Morgan fingerprint density at radius 1 is 1.05 bits per heavy atom. The van der Waals surface area contributed by atoms with E-state index in [-0.39, 0.29) is 6.04 Å². The van der Waals surface area contributed by atoms with Crippen molar-refractivity contribution in [3.05, 3.63) is 57.6 Å². The molecule has 2 rings (SSSR count). The summed E-state index contributed by atoms with van der Waals surface area (Å²) in [6, 6.07) is 12.6. The van der Waals surface area contributed by atoms with Gasteiger partial charge in [-0.3, -0.25) is 0 Å². The highest BCUT2D eigenvalue weighted by atomic mass is 79.9. The summed E-state index contributed by atoms with van der Waals surface area (Å²) in [4.78, 5) is 0. The predicted octanol–water partition coefficient (Wildman–Crippen LogP) is 5.14. The molecule has 0 aliphatic rings. The molecule has 3 heteroatoms. The Kier molecular flexibility index (Phi) is 5.43. The van der Waals surface area contributed by atoms with Gasteiger partial charge in [-0.2, -0.15) is 0 Å². The van der Waals surface area contributed by atoms with Gasteiger partial charge in [0.1, 0.15) is 11.5 Å². The molecular formula is C18H22BrNO. The monoisotopic (exact) mass is 347 g/mol. The van der Waals surface area contributed by atoms with Crippen molar-refractivity contribution in [2.75, 3.05) is 0 Å². The Bertz CT molecular complexity index is 625. The number of hydrogen-bond donors (Lipinski definition) is 1. The lowest BCUT2D eigenvalue weighted by molar-refractivity contribution is 0.474. The van der Waals surface area contributed by atoms with Crippen molar-refractivity contribution in [3.8, 4) is 11.5 Å². The molecule has 2 aromatic rings. The molecular weight excluding hydrogens is 326 g/mol. The quantitative estimate of drug-likeness (QED) is 0.812. The highest BCUT2D eigenvalue weighted by Gasteiger charge is 2.07. The maximum absolute atomic E-state index is 6.05. The van der Waals surface area contributed by atoms with Crippen molar-refractivity contribution < 1.29 is 4.74 Å². The van der Waals surface area contributed by atoms with Crippen LogP contribution in [0.3, 0.4) is 0 Å². The molecule has 0 amide bonds. The zero-order chi connectivity index (χ0) is 15.4. The zero-order valence-corrected chi connectivity index (χ0v) is 14.4. The van der Waals surface area contributed by atoms with Crippen molar-refractivity contribution in [1.82, 2.24) is 0 Å². The second kappa shape index (κ2) is 7.10. The molecule has 0 saturated carbocycles. The third kappa shape index (κ3) is 4.32. The zero-order valence-electron chi connectivity index (χ0n) is 12.8. The van der Waals surface area contributed by atoms with Crippen LogP contribution in [0, 0.1) is 13.8 Å². The standard InChI is InChI=1S/C18H22BrNO/c1-4-16(20)10-14-6-8-17(13(3)9-14)21-18-11-15(19)7-5-12(18)2/h5-9,11,16H,4,10,20H2,1-3H3. The summed E-state index contributed by atoms with van der Waals surface area (Å²) in [5, 5.41) is 0. The summed E-state index contributed by atoms with van der Waals surface area (Å²) in [6.07, 6.45) is 1.90. The van der Waals surface area contributed by atoms with E-state index in [9.17, 15) is 0 Å². The van der Waals surface area contributed by atoms with Crippen LogP contribution in [-0.2, 0) is 6.42 Å². The van der Waals surface area contributed by atoms with E-state index in [1.807, 2.05) is 31.2 Å². The number of rotatable bonds is 5. The lowest BCUT2D eigenvalue weighted by Crippen LogP contribution is -2.21. The first-order valence-corrected chi connectivity index (χ1v) is 8.08. The molecule has 2 nitrogen and oxygen atoms in total. The van der Waals surface area contributed by atoms with Gasteiger partial charge in [0.2, 0.25) is 0 Å². The van der Waals surface area contributed by atoms with Crippen LogP contribution in [0.4, 0.5) is 0 Å². The number of benzene rings is 2. The van der Waals surface area contributed by atoms with Crippen molar-refractivity contribution in [1.29, 1.82) is 0 Å². The van der Waals surface area contributed by atoms with E-state index in [2.05, 4.69) is 41.9 Å². The van der Waals surface area contributed by atoms with Gasteiger partial charge >= 0.3 is 0 Å². The molecule has 2 N–H and O–H groups in total. The van der Waals surface area contributed by atoms with Gasteiger partial charge in [0.15, 0.2) is 0 Å². The maximum atomic E-state index is 6.05. The van der Waals surface area contributed by atoms with Crippen LogP contribution in [0.25, 0.3) is 0 Å². The first kappa shape index (κ1) is 16.1. The van der Waals surface area contributed by atoms with Gasteiger partial charge in [0, 0.05) is 10.5 Å². The molecule has 0 aliphatic carbocycles. The fraction of sp³-hybridized carbons (Fsp3) is 0.333. The molecule has 21 heavy (non-hydrogen) atoms. The van der Waals surface area contributed by atoms with Gasteiger partial charge < -0.3 is 10.5 Å². The first-order valence-electron chi connectivity index (χ1n) is 7.28. The van der Waals surface area contributed by atoms with E-state index in [0.29, 0.717) is 0 Å². The average molecular weight is 348 g/mol. The van der Waals surface area contributed by atoms with E-state index in [1.54, 1.807) is 0 Å². The maximum Gasteiger partial charge on any atom is 0.131 e. The lowest BCUT2D eigenvalue weighted by atomic mass is 10.0. The first-order chi connectivity index (χ1) is 9.99. The van der Waals surface area contributed by atoms with Gasteiger partial charge in [-0.25, -0.2) is 0 Å². The smallest absolute Gasteiger partial charge is 0.131 e. The molecule has 0 spiro atoms. The van der Waals surface area contributed by atoms with E-state index in [4.69, 9.17) is 10.5 Å². The molecule has 0 saturated heterocycles. The van der Waals surface area contributed by atoms with Crippen LogP contribution in [-0.4, -0.2) is 6.04 Å². The fourth-order valence-electron chi connectivity index (χ4n) is 2.20. The van der Waals surface area contributed by atoms with Crippen LogP contribution in [0.1, 0.15) is 30.0 Å². The van der Waals surface area contributed by atoms with Crippen molar-refractivity contribution >= 4 is 15.9 Å². The summed E-state index contributed by atoms with van der Waals surface area (Å²) in [5.74, 6) is 1.77. The summed E-state index contributed by atoms with van der Waals surface area (Å²) >= 11 is 3.48. The van der Waals surface area contributed by atoms with Crippen LogP contribution in [0.15, 0.2) is 40.9 Å². The van der Waals surface area contributed by atoms with Crippen LogP contribution >= 0.6 is 15.9 Å². The second-order valence-electron chi connectivity index (χ2n) is 5.48. The predicted molar refractivity (Wildman–Crippen MR) is 92.1 cm³/mol. The molecule has 0 fully saturated rings. The SMILES string of the molecule is CCC(N)Cc1ccc(Oc2cc(Br)ccc2C)c(C)c1. The summed E-state index contributed by atoms with van der Waals surface area (Å²) in [6.45, 7) is 6.24. The summed E-state index contributed by atoms with van der Waals surface area (Å²) in [5.41, 5.74) is 9.54. The highest BCUT2D eigenvalue weighted by molar-refractivity contribution is 9.10. The molecule has 0 aromatic heterocycles. The molecule has 0 radical (unpaired) electrons. The van der Waals surface area contributed by atoms with E-state index >= 15 is 0 Å². The van der Waals surface area contributed by atoms with E-state index in [0.717, 1.165) is 39.9 Å². The van der Waals surface area contributed by atoms with Gasteiger partial charge in [-0.1, -0.05) is 41.1 Å². The highest BCUT2D eigenvalue weighted by Crippen LogP contribution is 2.30. The Morgan fingerprint density at radius 3 is 2.48 bits per heavy atom. The van der Waals surface area contributed by atoms with Gasteiger partial charge in [-0.05, 0) is 61.6 Å². The normalized spacial score (nSPS) is 12.2. The molecule has 0 aliphatic heterocycles. The van der Waals surface area contributed by atoms with Crippen LogP contribution in [0.5, 0.6) is 11.5 Å². The van der Waals surface area contributed by atoms with Gasteiger partial charge in [0.05, 0.1) is 0 Å². The second-order valence-corrected chi connectivity index (χ2v) is 6.40. The summed E-state index contributed by atoms with van der Waals surface area (Å²) in [7, 11) is 0. The fourth-order valence-corrected chi connectivity index (χ4v) is 2.54. The van der Waals surface area contributed by atoms with Crippen molar-refractivity contribution in [2.45, 2.75) is 39.7 Å². The number of hydrogen-bond acceptors (Lipinski definition) is 2. The minimum atomic E-state index is 0.225. The molecule has 1 unspecified atom stereocenters. The Balaban J connectivity index is 2.19. The van der Waals surface area contributed by atoms with E-state index < -0.39 is 0 Å². The lowest BCUT2D eigenvalue weighted by Gasteiger charge is -2.14. The Hall–Kier alpha value is -1.32. The molecule has 0 heterocycles. The molecule has 112 valence electrons. The minimum absolute atomic E-state index is 0.225. The third-order valence-corrected chi connectivity index (χ3v) is 4.12. The molecule has 0 bridgehead atoms. The van der Waals surface area contributed by atoms with Crippen molar-refractivity contribution in [3.63, 3.8) is 0 Å². The molecule has 1 atom stereocenters. The average Bonchev–Trinajstić information content (AvgIpc) is 2.45. The number of nitrogens with two attached hydrogens (primary N) is 1. The van der Waals surface area contributed by atoms with Gasteiger partial charge in [-0.15, -0.1) is 0 Å². The largest absolute Gasteiger partial charge is 0.457 e. The van der Waals surface area contributed by atoms with E-state index in [1.165, 1.54) is 5.56 Å². The Morgan fingerprint density at radius 2 is 1.81 bits per heavy atom. The number of ether oxygens (including phenoxy) is 1. The van der Waals surface area contributed by atoms with Crippen LogP contribution in [0.2, 0.25) is 0 Å². The number of aryl methyl sites for hydroxylation is 2. The van der Waals surface area contributed by atoms with Gasteiger partial charge in [0.25, 0.3) is 0 Å². The summed E-state index contributed by atoms with van der Waals surface area (Å²) < 4.78 is 7.07. The van der Waals surface area contributed by atoms with Crippen molar-refractivity contribution in [2.24, 2.45) is 5.73 Å². The molecule has 2 aromatic carbocycles. The third-order valence-electron chi connectivity index (χ3n) is 3.63. The Labute approximate surface area is 135 Å². The minimum Gasteiger partial charge on any atom is -0.457 e. The number of halogens is 1. The van der Waals surface area contributed by atoms with Crippen LogP contribution < -0.4 is 10.5 Å². The topological polar surface area (TPSA) is 35.2 Å².